The number of rotatable bonds is 5. The fourth-order valence-electron chi connectivity index (χ4n) is 4.28. The van der Waals surface area contributed by atoms with Crippen LogP contribution in [0.2, 0.25) is 0 Å². The lowest BCUT2D eigenvalue weighted by atomic mass is 9.95. The molecule has 2 heterocycles. The minimum atomic E-state index is -0.406. The normalized spacial score (nSPS) is 20.1. The van der Waals surface area contributed by atoms with Crippen LogP contribution in [0.15, 0.2) is 48.5 Å². The Labute approximate surface area is 183 Å². The number of nitrogens with one attached hydrogen (secondary N) is 2. The molecule has 7 heteroatoms. The summed E-state index contributed by atoms with van der Waals surface area (Å²) < 4.78 is 5.35. The Bertz CT molecular complexity index is 905. The number of carbonyl (C=O) groups excluding carboxylic acids is 2. The van der Waals surface area contributed by atoms with Gasteiger partial charge in [-0.15, -0.1) is 12.4 Å². The number of likely N-dealkylation sites (tertiary alicyclic amines) is 1. The summed E-state index contributed by atoms with van der Waals surface area (Å²) in [6.45, 7) is 1.70. The van der Waals surface area contributed by atoms with Gasteiger partial charge in [-0.3, -0.25) is 9.59 Å². The van der Waals surface area contributed by atoms with Crippen LogP contribution in [0.1, 0.15) is 29.5 Å². The predicted octanol–water partition coefficient (Wildman–Crippen LogP) is 2.44. The third-order valence-electron chi connectivity index (χ3n) is 5.86. The van der Waals surface area contributed by atoms with E-state index in [1.165, 1.54) is 11.1 Å². The van der Waals surface area contributed by atoms with Crippen molar-refractivity contribution in [3.8, 4) is 5.75 Å². The molecule has 2 aliphatic rings. The maximum atomic E-state index is 13.2. The third-order valence-corrected chi connectivity index (χ3v) is 5.86. The first-order valence-corrected chi connectivity index (χ1v) is 10.2. The second kappa shape index (κ2) is 9.96. The lowest BCUT2D eigenvalue weighted by molar-refractivity contribution is -0.140. The van der Waals surface area contributed by atoms with Crippen LogP contribution in [-0.4, -0.2) is 42.5 Å². The first kappa shape index (κ1) is 22.1. The van der Waals surface area contributed by atoms with Crippen molar-refractivity contribution in [2.24, 2.45) is 0 Å². The van der Waals surface area contributed by atoms with E-state index in [2.05, 4.69) is 22.8 Å². The van der Waals surface area contributed by atoms with Gasteiger partial charge in [0.2, 0.25) is 11.8 Å². The van der Waals surface area contributed by atoms with Crippen molar-refractivity contribution in [2.45, 2.75) is 44.4 Å². The summed E-state index contributed by atoms with van der Waals surface area (Å²) in [4.78, 5) is 27.8. The van der Waals surface area contributed by atoms with E-state index in [-0.39, 0.29) is 30.3 Å². The SMILES string of the molecule is COc1ccccc1CNC(=O)[C@@H]1CCCN1C(=O)[C@@H]1Cc2ccccc2CN1.Cl. The van der Waals surface area contributed by atoms with Crippen molar-refractivity contribution in [1.82, 2.24) is 15.5 Å². The van der Waals surface area contributed by atoms with E-state index in [9.17, 15) is 9.59 Å². The fourth-order valence-corrected chi connectivity index (χ4v) is 4.28. The van der Waals surface area contributed by atoms with Gasteiger partial charge in [-0.05, 0) is 36.5 Å². The topological polar surface area (TPSA) is 70.7 Å². The molecule has 0 bridgehead atoms. The van der Waals surface area contributed by atoms with Crippen molar-refractivity contribution < 1.29 is 14.3 Å². The molecule has 30 heavy (non-hydrogen) atoms. The zero-order valence-electron chi connectivity index (χ0n) is 17.1. The molecule has 0 spiro atoms. The van der Waals surface area contributed by atoms with E-state index in [0.29, 0.717) is 32.5 Å². The number of ether oxygens (including phenoxy) is 1. The molecule has 160 valence electrons. The average Bonchev–Trinajstić information content (AvgIpc) is 3.27. The molecule has 2 aliphatic heterocycles. The number of halogens is 1. The highest BCUT2D eigenvalue weighted by molar-refractivity contribution is 5.90. The number of methoxy groups -OCH3 is 1. The van der Waals surface area contributed by atoms with E-state index in [4.69, 9.17) is 4.74 Å². The summed E-state index contributed by atoms with van der Waals surface area (Å²) in [5, 5.41) is 6.33. The highest BCUT2D eigenvalue weighted by Crippen LogP contribution is 2.23. The molecular formula is C23H28ClN3O3. The van der Waals surface area contributed by atoms with Gasteiger partial charge in [0.25, 0.3) is 0 Å². The van der Waals surface area contributed by atoms with Crippen LogP contribution in [0.25, 0.3) is 0 Å². The average molecular weight is 430 g/mol. The van der Waals surface area contributed by atoms with Gasteiger partial charge in [0.15, 0.2) is 0 Å². The van der Waals surface area contributed by atoms with Crippen LogP contribution < -0.4 is 15.4 Å². The zero-order valence-corrected chi connectivity index (χ0v) is 17.9. The van der Waals surface area contributed by atoms with Crippen LogP contribution in [-0.2, 0) is 29.1 Å². The molecule has 2 aromatic carbocycles. The molecule has 0 unspecified atom stereocenters. The number of carbonyl (C=O) groups is 2. The first-order chi connectivity index (χ1) is 14.2. The molecule has 2 aromatic rings. The molecule has 2 atom stereocenters. The van der Waals surface area contributed by atoms with Crippen LogP contribution in [0.3, 0.4) is 0 Å². The van der Waals surface area contributed by atoms with Crippen LogP contribution >= 0.6 is 12.4 Å². The molecule has 2 N–H and O–H groups in total. The maximum absolute atomic E-state index is 13.2. The fraction of sp³-hybridized carbons (Fsp3) is 0.391. The highest BCUT2D eigenvalue weighted by Gasteiger charge is 2.37. The zero-order chi connectivity index (χ0) is 20.2. The summed E-state index contributed by atoms with van der Waals surface area (Å²) in [6, 6.07) is 15.1. The van der Waals surface area contributed by atoms with Crippen molar-refractivity contribution >= 4 is 24.2 Å². The first-order valence-electron chi connectivity index (χ1n) is 10.2. The number of benzene rings is 2. The van der Waals surface area contributed by atoms with E-state index < -0.39 is 6.04 Å². The van der Waals surface area contributed by atoms with E-state index in [1.54, 1.807) is 12.0 Å². The quantitative estimate of drug-likeness (QED) is 0.765. The van der Waals surface area contributed by atoms with E-state index >= 15 is 0 Å². The van der Waals surface area contributed by atoms with Crippen molar-refractivity contribution in [2.75, 3.05) is 13.7 Å². The molecule has 0 aromatic heterocycles. The lowest BCUT2D eigenvalue weighted by Gasteiger charge is -2.31. The Balaban J connectivity index is 0.00000256. The standard InChI is InChI=1S/C23H27N3O3.ClH/c1-29-21-11-5-4-9-18(21)15-25-22(27)20-10-6-12-26(20)23(28)19-13-16-7-2-3-8-17(16)14-24-19;/h2-5,7-9,11,19-20,24H,6,10,12-15H2,1H3,(H,25,27);1H/t19-,20-;/m0./s1. The molecule has 0 radical (unpaired) electrons. The van der Waals surface area contributed by atoms with E-state index in [1.807, 2.05) is 36.4 Å². The number of hydrogen-bond donors (Lipinski definition) is 2. The van der Waals surface area contributed by atoms with Crippen molar-refractivity contribution in [1.29, 1.82) is 0 Å². The predicted molar refractivity (Wildman–Crippen MR) is 118 cm³/mol. The molecule has 4 rings (SSSR count). The Morgan fingerprint density at radius 3 is 2.67 bits per heavy atom. The van der Waals surface area contributed by atoms with Gasteiger partial charge in [-0.2, -0.15) is 0 Å². The molecule has 1 saturated heterocycles. The lowest BCUT2D eigenvalue weighted by Crippen LogP contribution is -2.54. The van der Waals surface area contributed by atoms with Gasteiger partial charge < -0.3 is 20.3 Å². The molecular weight excluding hydrogens is 402 g/mol. The second-order valence-corrected chi connectivity index (χ2v) is 7.63. The smallest absolute Gasteiger partial charge is 0.243 e. The van der Waals surface area contributed by atoms with Gasteiger partial charge in [0.1, 0.15) is 11.8 Å². The highest BCUT2D eigenvalue weighted by atomic mass is 35.5. The number of nitrogens with zero attached hydrogens (tertiary/aromatic N) is 1. The largest absolute Gasteiger partial charge is 0.496 e. The van der Waals surface area contributed by atoms with Gasteiger partial charge in [-0.1, -0.05) is 42.5 Å². The third kappa shape index (κ3) is 4.60. The molecule has 0 aliphatic carbocycles. The number of fused-ring (bicyclic) bond motifs is 1. The Hall–Kier alpha value is -2.57. The summed E-state index contributed by atoms with van der Waals surface area (Å²) in [7, 11) is 1.62. The monoisotopic (exact) mass is 429 g/mol. The second-order valence-electron chi connectivity index (χ2n) is 7.63. The molecule has 6 nitrogen and oxygen atoms in total. The summed E-state index contributed by atoms with van der Waals surface area (Å²) >= 11 is 0. The maximum Gasteiger partial charge on any atom is 0.243 e. The van der Waals surface area contributed by atoms with Crippen molar-refractivity contribution in [3.05, 3.63) is 65.2 Å². The summed E-state index contributed by atoms with van der Waals surface area (Å²) in [5.41, 5.74) is 3.37. The minimum absolute atomic E-state index is 0. The van der Waals surface area contributed by atoms with Gasteiger partial charge in [-0.25, -0.2) is 0 Å². The number of hydrogen-bond acceptors (Lipinski definition) is 4. The summed E-state index contributed by atoms with van der Waals surface area (Å²) in [5.74, 6) is 0.671. The van der Waals surface area contributed by atoms with Gasteiger partial charge >= 0.3 is 0 Å². The van der Waals surface area contributed by atoms with Crippen molar-refractivity contribution in [3.63, 3.8) is 0 Å². The van der Waals surface area contributed by atoms with E-state index in [0.717, 1.165) is 17.7 Å². The Morgan fingerprint density at radius 2 is 1.87 bits per heavy atom. The van der Waals surface area contributed by atoms with Crippen LogP contribution in [0.5, 0.6) is 5.75 Å². The van der Waals surface area contributed by atoms with Crippen LogP contribution in [0.4, 0.5) is 0 Å². The Kier molecular flexibility index (Phi) is 7.34. The summed E-state index contributed by atoms with van der Waals surface area (Å²) in [6.07, 6.45) is 2.22. The Morgan fingerprint density at radius 1 is 1.13 bits per heavy atom. The van der Waals surface area contributed by atoms with Gasteiger partial charge in [0.05, 0.1) is 13.2 Å². The molecule has 2 amide bonds. The molecule has 0 saturated carbocycles. The molecule has 1 fully saturated rings. The number of amides is 2. The minimum Gasteiger partial charge on any atom is -0.496 e. The number of para-hydroxylation sites is 1. The van der Waals surface area contributed by atoms with Gasteiger partial charge in [0, 0.05) is 25.2 Å². The van der Waals surface area contributed by atoms with Crippen LogP contribution in [0, 0.1) is 0 Å².